The Labute approximate surface area is 123 Å². The maximum Gasteiger partial charge on any atom is 0.0650 e. The first-order chi connectivity index (χ1) is 9.47. The molecule has 0 radical (unpaired) electrons. The van der Waals surface area contributed by atoms with Gasteiger partial charge in [0.05, 0.1) is 17.8 Å². The third-order valence-corrected chi connectivity index (χ3v) is 5.20. The van der Waals surface area contributed by atoms with Crippen LogP contribution in [0.2, 0.25) is 0 Å². The summed E-state index contributed by atoms with van der Waals surface area (Å²) in [6.45, 7) is 8.98. The van der Waals surface area contributed by atoms with E-state index in [2.05, 4.69) is 49.7 Å². The number of aliphatic hydroxyl groups is 1. The van der Waals surface area contributed by atoms with Crippen LogP contribution < -0.4 is 0 Å². The van der Waals surface area contributed by atoms with E-state index in [-0.39, 0.29) is 11.5 Å². The van der Waals surface area contributed by atoms with Crippen LogP contribution in [0.25, 0.3) is 0 Å². The van der Waals surface area contributed by atoms with Crippen LogP contribution in [0.15, 0.2) is 12.3 Å². The average Bonchev–Trinajstić information content (AvgIpc) is 2.97. The van der Waals surface area contributed by atoms with Crippen LogP contribution in [-0.4, -0.2) is 21.0 Å². The van der Waals surface area contributed by atoms with E-state index in [1.54, 1.807) is 0 Å². The van der Waals surface area contributed by atoms with Crippen LogP contribution in [0, 0.1) is 11.3 Å². The Morgan fingerprint density at radius 3 is 2.65 bits per heavy atom. The van der Waals surface area contributed by atoms with Gasteiger partial charge in [0.1, 0.15) is 0 Å². The monoisotopic (exact) mass is 278 g/mol. The molecule has 2 rings (SSSR count). The lowest BCUT2D eigenvalue weighted by molar-refractivity contribution is 0.0534. The van der Waals surface area contributed by atoms with Crippen molar-refractivity contribution in [3.8, 4) is 0 Å². The van der Waals surface area contributed by atoms with Crippen molar-refractivity contribution in [3.63, 3.8) is 0 Å². The zero-order chi connectivity index (χ0) is 14.8. The predicted molar refractivity (Wildman–Crippen MR) is 82.7 cm³/mol. The molecule has 1 fully saturated rings. The van der Waals surface area contributed by atoms with Crippen LogP contribution in [0.3, 0.4) is 0 Å². The minimum atomic E-state index is -0.252. The van der Waals surface area contributed by atoms with Crippen molar-refractivity contribution in [1.29, 1.82) is 0 Å². The van der Waals surface area contributed by atoms with E-state index < -0.39 is 0 Å². The molecule has 1 aromatic heterocycles. The van der Waals surface area contributed by atoms with E-state index in [1.165, 1.54) is 12.8 Å². The molecule has 1 aromatic rings. The van der Waals surface area contributed by atoms with Gasteiger partial charge in [0.25, 0.3) is 0 Å². The SMILES string of the molecule is CCC(CC)n1ccc(CC(O)C2CCCC2(C)C)n1. The Hall–Kier alpha value is -0.830. The lowest BCUT2D eigenvalue weighted by atomic mass is 9.77. The zero-order valence-corrected chi connectivity index (χ0v) is 13.5. The third-order valence-electron chi connectivity index (χ3n) is 5.20. The standard InChI is InChI=1S/C17H30N2O/c1-5-14(6-2)19-11-9-13(18-19)12-16(20)15-8-7-10-17(15,3)4/h9,11,14-16,20H,5-8,10,12H2,1-4H3. The minimum absolute atomic E-state index is 0.252. The van der Waals surface area contributed by atoms with Crippen molar-refractivity contribution in [2.75, 3.05) is 0 Å². The lowest BCUT2D eigenvalue weighted by Gasteiger charge is -2.30. The molecule has 1 aliphatic rings. The summed E-state index contributed by atoms with van der Waals surface area (Å²) in [7, 11) is 0. The van der Waals surface area contributed by atoms with Crippen LogP contribution in [-0.2, 0) is 6.42 Å². The second kappa shape index (κ2) is 6.30. The summed E-state index contributed by atoms with van der Waals surface area (Å²) in [5.41, 5.74) is 1.31. The second-order valence-electron chi connectivity index (χ2n) is 7.02. The summed E-state index contributed by atoms with van der Waals surface area (Å²) in [4.78, 5) is 0. The predicted octanol–water partition coefficient (Wildman–Crippen LogP) is 3.97. The van der Waals surface area contributed by atoms with E-state index >= 15 is 0 Å². The molecule has 0 spiro atoms. The first kappa shape index (κ1) is 15.6. The molecule has 0 bridgehead atoms. The van der Waals surface area contributed by atoms with Gasteiger partial charge in [-0.2, -0.15) is 5.10 Å². The Morgan fingerprint density at radius 2 is 2.10 bits per heavy atom. The van der Waals surface area contributed by atoms with E-state index in [4.69, 9.17) is 0 Å². The summed E-state index contributed by atoms with van der Waals surface area (Å²) in [6.07, 6.45) is 8.36. The lowest BCUT2D eigenvalue weighted by Crippen LogP contribution is -2.31. The average molecular weight is 278 g/mol. The first-order valence-corrected chi connectivity index (χ1v) is 8.20. The summed E-state index contributed by atoms with van der Waals surface area (Å²) >= 11 is 0. The van der Waals surface area contributed by atoms with Crippen LogP contribution in [0.5, 0.6) is 0 Å². The highest BCUT2D eigenvalue weighted by Crippen LogP contribution is 2.44. The Kier molecular flexibility index (Phi) is 4.90. The summed E-state index contributed by atoms with van der Waals surface area (Å²) in [6, 6.07) is 2.56. The number of hydrogen-bond donors (Lipinski definition) is 1. The van der Waals surface area contributed by atoms with Crippen LogP contribution >= 0.6 is 0 Å². The molecule has 2 atom stereocenters. The molecule has 0 amide bonds. The van der Waals surface area contributed by atoms with Crippen LogP contribution in [0.4, 0.5) is 0 Å². The highest BCUT2D eigenvalue weighted by atomic mass is 16.3. The maximum absolute atomic E-state index is 10.6. The van der Waals surface area contributed by atoms with E-state index in [0.29, 0.717) is 18.4 Å². The van der Waals surface area contributed by atoms with Crippen molar-refractivity contribution in [3.05, 3.63) is 18.0 Å². The fourth-order valence-electron chi connectivity index (χ4n) is 3.78. The number of aromatic nitrogens is 2. The largest absolute Gasteiger partial charge is 0.392 e. The summed E-state index contributed by atoms with van der Waals surface area (Å²) in [5.74, 6) is 0.417. The molecule has 0 saturated heterocycles. The molecule has 1 aliphatic carbocycles. The second-order valence-corrected chi connectivity index (χ2v) is 7.02. The van der Waals surface area contributed by atoms with Gasteiger partial charge in [0, 0.05) is 12.6 Å². The third kappa shape index (κ3) is 3.25. The molecular formula is C17H30N2O. The molecule has 20 heavy (non-hydrogen) atoms. The van der Waals surface area contributed by atoms with Crippen molar-refractivity contribution in [2.24, 2.45) is 11.3 Å². The van der Waals surface area contributed by atoms with Gasteiger partial charge in [-0.1, -0.05) is 34.1 Å². The fraction of sp³-hybridized carbons (Fsp3) is 0.824. The van der Waals surface area contributed by atoms with Gasteiger partial charge in [-0.05, 0) is 43.1 Å². The van der Waals surface area contributed by atoms with Gasteiger partial charge in [0.15, 0.2) is 0 Å². The summed E-state index contributed by atoms with van der Waals surface area (Å²) in [5, 5.41) is 15.2. The topological polar surface area (TPSA) is 38.0 Å². The van der Waals surface area contributed by atoms with Crippen LogP contribution in [0.1, 0.15) is 71.5 Å². The van der Waals surface area contributed by atoms with Crippen molar-refractivity contribution in [1.82, 2.24) is 9.78 Å². The van der Waals surface area contributed by atoms with Gasteiger partial charge < -0.3 is 5.11 Å². The molecule has 1 heterocycles. The molecule has 3 heteroatoms. The van der Waals surface area contributed by atoms with Gasteiger partial charge in [-0.25, -0.2) is 0 Å². The normalized spacial score (nSPS) is 23.4. The molecule has 0 aromatic carbocycles. The highest BCUT2D eigenvalue weighted by molar-refractivity contribution is 5.03. The Bertz CT molecular complexity index is 420. The van der Waals surface area contributed by atoms with Gasteiger partial charge in [0.2, 0.25) is 0 Å². The van der Waals surface area contributed by atoms with Crippen molar-refractivity contribution in [2.45, 2.75) is 78.4 Å². The van der Waals surface area contributed by atoms with Gasteiger partial charge in [-0.15, -0.1) is 0 Å². The zero-order valence-electron chi connectivity index (χ0n) is 13.5. The number of hydrogen-bond acceptors (Lipinski definition) is 2. The first-order valence-electron chi connectivity index (χ1n) is 8.20. The van der Waals surface area contributed by atoms with Gasteiger partial charge in [-0.3, -0.25) is 4.68 Å². The number of aliphatic hydroxyl groups excluding tert-OH is 1. The smallest absolute Gasteiger partial charge is 0.0650 e. The van der Waals surface area contributed by atoms with E-state index in [9.17, 15) is 5.11 Å². The fourth-order valence-corrected chi connectivity index (χ4v) is 3.78. The molecule has 2 unspecified atom stereocenters. The molecule has 114 valence electrons. The maximum atomic E-state index is 10.6. The molecule has 1 saturated carbocycles. The summed E-state index contributed by atoms with van der Waals surface area (Å²) < 4.78 is 2.07. The van der Waals surface area contributed by atoms with Gasteiger partial charge >= 0.3 is 0 Å². The minimum Gasteiger partial charge on any atom is -0.392 e. The van der Waals surface area contributed by atoms with Crippen molar-refractivity contribution < 1.29 is 5.11 Å². The van der Waals surface area contributed by atoms with Crippen molar-refractivity contribution >= 4 is 0 Å². The molecule has 3 nitrogen and oxygen atoms in total. The molecule has 1 N–H and O–H groups in total. The number of rotatable bonds is 6. The highest BCUT2D eigenvalue weighted by Gasteiger charge is 2.38. The Morgan fingerprint density at radius 1 is 1.40 bits per heavy atom. The molecular weight excluding hydrogens is 248 g/mol. The quantitative estimate of drug-likeness (QED) is 0.855. The van der Waals surface area contributed by atoms with E-state index in [1.807, 2.05) is 0 Å². The van der Waals surface area contributed by atoms with E-state index in [0.717, 1.165) is 25.0 Å². The molecule has 0 aliphatic heterocycles. The Balaban J connectivity index is 2.00. The number of nitrogens with zero attached hydrogens (tertiary/aromatic N) is 2.